The quantitative estimate of drug-likeness (QED) is 0.397. The van der Waals surface area contributed by atoms with Crippen LogP contribution in [0.25, 0.3) is 22.2 Å². The van der Waals surface area contributed by atoms with Crippen LogP contribution in [-0.4, -0.2) is 43.8 Å². The number of rotatable bonds is 6. The number of benzene rings is 2. The molecule has 37 heavy (non-hydrogen) atoms. The number of hydrogen-bond acceptors (Lipinski definition) is 6. The van der Waals surface area contributed by atoms with Gasteiger partial charge in [-0.25, -0.2) is 19.3 Å². The fourth-order valence-electron chi connectivity index (χ4n) is 5.34. The van der Waals surface area contributed by atoms with Crippen LogP contribution >= 0.6 is 0 Å². The Balaban J connectivity index is 1.50. The van der Waals surface area contributed by atoms with Crippen molar-refractivity contribution >= 4 is 16.9 Å². The van der Waals surface area contributed by atoms with Gasteiger partial charge in [0.2, 0.25) is 0 Å². The number of hydrogen-bond donors (Lipinski definition) is 2. The lowest BCUT2D eigenvalue weighted by Crippen LogP contribution is -2.28. The average molecular weight is 509 g/mol. The molecule has 0 saturated heterocycles. The van der Waals surface area contributed by atoms with Gasteiger partial charge in [-0.2, -0.15) is 8.78 Å². The maximum Gasteiger partial charge on any atom is 0.387 e. The average Bonchev–Trinajstić information content (AvgIpc) is 3.36. The second-order valence-corrected chi connectivity index (χ2v) is 9.15. The first kappa shape index (κ1) is 23.4. The number of halogens is 3. The molecule has 0 radical (unpaired) electrons. The molecule has 1 amide bonds. The first-order valence-corrected chi connectivity index (χ1v) is 11.9. The molecule has 2 bridgehead atoms. The summed E-state index contributed by atoms with van der Waals surface area (Å²) in [4.78, 5) is 26.1. The fourth-order valence-corrected chi connectivity index (χ4v) is 5.34. The maximum atomic E-state index is 15.2. The molecule has 8 nitrogen and oxygen atoms in total. The predicted molar refractivity (Wildman–Crippen MR) is 127 cm³/mol. The first-order valence-electron chi connectivity index (χ1n) is 11.9. The van der Waals surface area contributed by atoms with Crippen LogP contribution in [0, 0.1) is 5.82 Å². The number of imidazole rings is 1. The number of nitrogens with zero attached hydrogens (tertiary/aromatic N) is 4. The van der Waals surface area contributed by atoms with Crippen molar-refractivity contribution in [2.24, 2.45) is 0 Å². The largest absolute Gasteiger partial charge is 0.434 e. The van der Waals surface area contributed by atoms with E-state index < -0.39 is 30.4 Å². The number of aliphatic hydroxyl groups is 1. The highest BCUT2D eigenvalue weighted by atomic mass is 19.3. The van der Waals surface area contributed by atoms with Crippen molar-refractivity contribution in [3.63, 3.8) is 0 Å². The van der Waals surface area contributed by atoms with Crippen LogP contribution in [0.5, 0.6) is 5.75 Å². The van der Waals surface area contributed by atoms with Crippen molar-refractivity contribution in [2.75, 3.05) is 6.61 Å². The van der Waals surface area contributed by atoms with Gasteiger partial charge in [0.15, 0.2) is 0 Å². The van der Waals surface area contributed by atoms with Gasteiger partial charge in [0.05, 0.1) is 29.7 Å². The summed E-state index contributed by atoms with van der Waals surface area (Å²) in [5.41, 5.74) is 2.24. The molecule has 6 rings (SSSR count). The second-order valence-electron chi connectivity index (χ2n) is 9.15. The molecule has 2 aliphatic heterocycles. The topological polar surface area (TPSA) is 102 Å². The number of nitrogens with one attached hydrogen (secondary N) is 1. The summed E-state index contributed by atoms with van der Waals surface area (Å²) in [6.07, 6.45) is 4.08. The van der Waals surface area contributed by atoms with Crippen LogP contribution in [-0.2, 0) is 0 Å². The van der Waals surface area contributed by atoms with Gasteiger partial charge in [-0.1, -0.05) is 13.0 Å². The van der Waals surface area contributed by atoms with E-state index in [0.29, 0.717) is 46.7 Å². The smallest absolute Gasteiger partial charge is 0.387 e. The third-order valence-electron chi connectivity index (χ3n) is 7.11. The van der Waals surface area contributed by atoms with Gasteiger partial charge in [0.25, 0.3) is 5.91 Å². The minimum Gasteiger partial charge on any atom is -0.434 e. The van der Waals surface area contributed by atoms with E-state index in [-0.39, 0.29) is 29.4 Å². The van der Waals surface area contributed by atoms with Gasteiger partial charge in [0, 0.05) is 46.6 Å². The van der Waals surface area contributed by atoms with Gasteiger partial charge in [-0.05, 0) is 31.0 Å². The van der Waals surface area contributed by atoms with Gasteiger partial charge in [-0.3, -0.25) is 4.79 Å². The molecule has 3 atom stereocenters. The number of ether oxygens (including phenoxy) is 1. The van der Waals surface area contributed by atoms with Crippen molar-refractivity contribution in [3.05, 3.63) is 71.3 Å². The second kappa shape index (κ2) is 8.84. The zero-order chi connectivity index (χ0) is 25.8. The number of carbonyl (C=O) groups is 1. The Labute approximate surface area is 209 Å². The Hall–Kier alpha value is -3.99. The number of aromatic nitrogens is 4. The number of aliphatic hydroxyl groups excluding tert-OH is 1. The maximum absolute atomic E-state index is 15.2. The molecule has 2 N–H and O–H groups in total. The van der Waals surface area contributed by atoms with Gasteiger partial charge in [0.1, 0.15) is 23.2 Å². The lowest BCUT2D eigenvalue weighted by Gasteiger charge is -2.21. The zero-order valence-corrected chi connectivity index (χ0v) is 19.7. The third kappa shape index (κ3) is 3.72. The highest BCUT2D eigenvalue weighted by molar-refractivity contribution is 5.98. The molecule has 11 heteroatoms. The summed E-state index contributed by atoms with van der Waals surface area (Å²) in [6.45, 7) is -1.23. The predicted octanol–water partition coefficient (Wildman–Crippen LogP) is 4.50. The van der Waals surface area contributed by atoms with E-state index in [9.17, 15) is 18.7 Å². The summed E-state index contributed by atoms with van der Waals surface area (Å²) in [7, 11) is 0. The Morgan fingerprint density at radius 2 is 2.00 bits per heavy atom. The summed E-state index contributed by atoms with van der Waals surface area (Å²) >= 11 is 0. The summed E-state index contributed by atoms with van der Waals surface area (Å²) in [5.74, 6) is -0.222. The van der Waals surface area contributed by atoms with Gasteiger partial charge < -0.3 is 19.7 Å². The molecule has 0 unspecified atom stereocenters. The van der Waals surface area contributed by atoms with Crippen LogP contribution < -0.4 is 10.1 Å². The number of fused-ring (bicyclic) bond motifs is 9. The molecule has 2 aliphatic rings. The van der Waals surface area contributed by atoms with Crippen LogP contribution in [0.2, 0.25) is 0 Å². The summed E-state index contributed by atoms with van der Waals surface area (Å²) < 4.78 is 48.3. The van der Waals surface area contributed by atoms with Gasteiger partial charge >= 0.3 is 6.61 Å². The number of amides is 1. The summed E-state index contributed by atoms with van der Waals surface area (Å²) in [6, 6.07) is 6.42. The Kier molecular flexibility index (Phi) is 5.59. The van der Waals surface area contributed by atoms with E-state index >= 15 is 4.39 Å². The highest BCUT2D eigenvalue weighted by Crippen LogP contribution is 2.47. The molecule has 2 aromatic carbocycles. The molecular weight excluding hydrogens is 487 g/mol. The molecular formula is C26H22F3N5O3. The normalized spacial score (nSPS) is 18.9. The fraction of sp³-hybridized carbons (Fsp3) is 0.308. The molecule has 190 valence electrons. The van der Waals surface area contributed by atoms with Crippen molar-refractivity contribution in [1.82, 2.24) is 24.8 Å². The number of carbonyl (C=O) groups excluding carboxylic acids is 1. The molecule has 0 saturated carbocycles. The molecule has 0 aliphatic carbocycles. The molecule has 2 aromatic heterocycles. The molecule has 0 spiro atoms. The minimum absolute atomic E-state index is 0.0799. The van der Waals surface area contributed by atoms with Crippen LogP contribution in [0.3, 0.4) is 0 Å². The van der Waals surface area contributed by atoms with E-state index in [1.165, 1.54) is 30.6 Å². The van der Waals surface area contributed by atoms with E-state index in [0.717, 1.165) is 0 Å². The van der Waals surface area contributed by atoms with E-state index in [4.69, 9.17) is 4.74 Å². The highest BCUT2D eigenvalue weighted by Gasteiger charge is 2.42. The first-order chi connectivity index (χ1) is 17.9. The van der Waals surface area contributed by atoms with E-state index in [1.807, 2.05) is 11.5 Å². The van der Waals surface area contributed by atoms with E-state index in [1.54, 1.807) is 12.1 Å². The zero-order valence-electron chi connectivity index (χ0n) is 19.7. The Morgan fingerprint density at radius 3 is 2.70 bits per heavy atom. The Morgan fingerprint density at radius 1 is 1.22 bits per heavy atom. The monoisotopic (exact) mass is 509 g/mol. The van der Waals surface area contributed by atoms with Crippen LogP contribution in [0.15, 0.2) is 42.7 Å². The lowest BCUT2D eigenvalue weighted by molar-refractivity contribution is -0.0507. The molecule has 4 heterocycles. The van der Waals surface area contributed by atoms with Gasteiger partial charge in [-0.15, -0.1) is 0 Å². The summed E-state index contributed by atoms with van der Waals surface area (Å²) in [5, 5.41) is 12.4. The van der Waals surface area contributed by atoms with Crippen molar-refractivity contribution in [2.45, 2.75) is 44.4 Å². The number of alkyl halides is 2. The van der Waals surface area contributed by atoms with Crippen molar-refractivity contribution in [1.29, 1.82) is 0 Å². The minimum atomic E-state index is -3.06. The lowest BCUT2D eigenvalue weighted by atomic mass is 9.97. The SMILES string of the molecule is CC[C@@H](CO)c1ncc(-c2cc3c(cc2F)nc2n3[C@@H]3C[C@H]2NC(=O)c2cccc(OC(F)F)c23)cn1. The molecule has 0 fully saturated rings. The van der Waals surface area contributed by atoms with Crippen LogP contribution in [0.4, 0.5) is 13.2 Å². The Bertz CT molecular complexity index is 1520. The third-order valence-corrected chi connectivity index (χ3v) is 7.11. The van der Waals surface area contributed by atoms with Crippen LogP contribution in [0.1, 0.15) is 65.3 Å². The van der Waals surface area contributed by atoms with Crippen molar-refractivity contribution in [3.8, 4) is 16.9 Å². The molecule has 4 aromatic rings. The standard InChI is InChI=1S/C26H22F3N5O3/c1-2-12(11-35)23-30-9-13(10-31-23)15-6-19-17(7-16(15)27)32-24-18-8-20(34(19)24)22-14(25(36)33-18)4-3-5-21(22)37-26(28)29/h3-7,9-10,12,18,20,26,35H,2,8,11H2,1H3,(H,33,36)/t12-,18+,20+/m0/s1. The van der Waals surface area contributed by atoms with Crippen molar-refractivity contribution < 1.29 is 27.8 Å². The van der Waals surface area contributed by atoms with E-state index in [2.05, 4.69) is 20.3 Å².